The van der Waals surface area contributed by atoms with Crippen molar-refractivity contribution >= 4 is 27.3 Å². The number of aliphatic hydroxyl groups is 1. The Bertz CT molecular complexity index is 309. The van der Waals surface area contributed by atoms with Crippen LogP contribution >= 0.6 is 27.3 Å². The van der Waals surface area contributed by atoms with Crippen LogP contribution in [0.5, 0.6) is 0 Å². The van der Waals surface area contributed by atoms with E-state index in [-0.39, 0.29) is 0 Å². The highest BCUT2D eigenvalue weighted by atomic mass is 79.9. The van der Waals surface area contributed by atoms with E-state index in [1.165, 1.54) is 4.88 Å². The molecule has 0 aliphatic heterocycles. The molecule has 86 valence electrons. The number of aliphatic hydroxyl groups excluding tert-OH is 1. The van der Waals surface area contributed by atoms with Crippen LogP contribution in [0.25, 0.3) is 0 Å². The number of thiophene rings is 1. The van der Waals surface area contributed by atoms with E-state index in [1.54, 1.807) is 11.3 Å². The first-order valence-electron chi connectivity index (χ1n) is 5.02. The van der Waals surface area contributed by atoms with Crippen LogP contribution in [0.2, 0.25) is 0 Å². The molecular weight excluding hydrogens is 276 g/mol. The molecule has 0 saturated carbocycles. The lowest BCUT2D eigenvalue weighted by Crippen LogP contribution is -2.40. The largest absolute Gasteiger partial charge is 0.390 e. The predicted molar refractivity (Wildman–Crippen MR) is 67.4 cm³/mol. The van der Waals surface area contributed by atoms with Gasteiger partial charge in [-0.05, 0) is 48.8 Å². The van der Waals surface area contributed by atoms with Crippen LogP contribution in [-0.4, -0.2) is 23.4 Å². The fraction of sp³-hybridized carbons (Fsp3) is 0.636. The summed E-state index contributed by atoms with van der Waals surface area (Å²) in [6.07, 6.45) is 0.173. The van der Waals surface area contributed by atoms with Gasteiger partial charge in [0.25, 0.3) is 0 Å². The molecule has 1 aromatic rings. The Kier molecular flexibility index (Phi) is 4.77. The summed E-state index contributed by atoms with van der Waals surface area (Å²) in [4.78, 5) is 1.17. The molecule has 1 aromatic heterocycles. The molecule has 2 nitrogen and oxygen atoms in total. The van der Waals surface area contributed by atoms with Crippen LogP contribution in [0.1, 0.15) is 25.6 Å². The molecule has 4 heteroatoms. The van der Waals surface area contributed by atoms with Crippen LogP contribution in [0.3, 0.4) is 0 Å². The summed E-state index contributed by atoms with van der Waals surface area (Å²) in [5, 5.41) is 10.0. The summed E-state index contributed by atoms with van der Waals surface area (Å²) in [5.74, 6) is 0. The molecule has 0 radical (unpaired) electrons. The van der Waals surface area contributed by atoms with Gasteiger partial charge < -0.3 is 9.84 Å². The molecule has 0 fully saturated rings. The monoisotopic (exact) mass is 292 g/mol. The van der Waals surface area contributed by atoms with Gasteiger partial charge in [-0.2, -0.15) is 0 Å². The molecule has 0 bridgehead atoms. The van der Waals surface area contributed by atoms with Gasteiger partial charge in [-0.1, -0.05) is 0 Å². The second-order valence-corrected chi connectivity index (χ2v) is 6.51. The van der Waals surface area contributed by atoms with Gasteiger partial charge >= 0.3 is 0 Å². The molecule has 15 heavy (non-hydrogen) atoms. The fourth-order valence-electron chi connectivity index (χ4n) is 1.37. The summed E-state index contributed by atoms with van der Waals surface area (Å²) in [6.45, 7) is 6.40. The zero-order chi connectivity index (χ0) is 11.5. The van der Waals surface area contributed by atoms with Crippen LogP contribution in [0.15, 0.2) is 15.9 Å². The van der Waals surface area contributed by atoms with Crippen LogP contribution in [0, 0.1) is 0 Å². The van der Waals surface area contributed by atoms with E-state index < -0.39 is 11.7 Å². The van der Waals surface area contributed by atoms with Gasteiger partial charge in [0.15, 0.2) is 0 Å². The van der Waals surface area contributed by atoms with E-state index in [1.807, 2.05) is 32.9 Å². The van der Waals surface area contributed by atoms with Crippen molar-refractivity contribution in [1.29, 1.82) is 0 Å². The molecule has 1 heterocycles. The molecule has 0 aliphatic carbocycles. The van der Waals surface area contributed by atoms with Gasteiger partial charge in [0.2, 0.25) is 0 Å². The smallest absolute Gasteiger partial charge is 0.0887 e. The van der Waals surface area contributed by atoms with Crippen molar-refractivity contribution < 1.29 is 9.84 Å². The van der Waals surface area contributed by atoms with Crippen LogP contribution in [-0.2, 0) is 11.2 Å². The molecule has 1 unspecified atom stereocenters. The number of hydrogen-bond donors (Lipinski definition) is 1. The quantitative estimate of drug-likeness (QED) is 0.903. The number of halogens is 1. The minimum atomic E-state index is -0.481. The lowest BCUT2D eigenvalue weighted by atomic mass is 9.98. The topological polar surface area (TPSA) is 29.5 Å². The third kappa shape index (κ3) is 3.87. The number of ether oxygens (including phenoxy) is 1. The van der Waals surface area contributed by atoms with Crippen molar-refractivity contribution in [3.63, 3.8) is 0 Å². The van der Waals surface area contributed by atoms with Crippen molar-refractivity contribution in [3.8, 4) is 0 Å². The minimum Gasteiger partial charge on any atom is -0.390 e. The van der Waals surface area contributed by atoms with Crippen molar-refractivity contribution in [1.82, 2.24) is 0 Å². The van der Waals surface area contributed by atoms with Gasteiger partial charge in [-0.25, -0.2) is 0 Å². The third-order valence-electron chi connectivity index (χ3n) is 2.34. The molecule has 0 aromatic carbocycles. The summed E-state index contributed by atoms with van der Waals surface area (Å²) >= 11 is 5.06. The number of hydrogen-bond acceptors (Lipinski definition) is 3. The van der Waals surface area contributed by atoms with Crippen molar-refractivity contribution in [2.45, 2.75) is 38.9 Å². The Morgan fingerprint density at radius 2 is 2.20 bits per heavy atom. The van der Waals surface area contributed by atoms with Gasteiger partial charge in [0.05, 0.1) is 15.5 Å². The zero-order valence-electron chi connectivity index (χ0n) is 9.29. The molecule has 1 atom stereocenters. The second-order valence-electron chi connectivity index (χ2n) is 3.96. The normalized spacial score (nSPS) is 14.2. The summed E-state index contributed by atoms with van der Waals surface area (Å²) in [6, 6.07) is 4.03. The van der Waals surface area contributed by atoms with E-state index in [0.717, 1.165) is 3.79 Å². The Morgan fingerprint density at radius 3 is 2.67 bits per heavy atom. The zero-order valence-corrected chi connectivity index (χ0v) is 11.7. The highest BCUT2D eigenvalue weighted by molar-refractivity contribution is 9.11. The van der Waals surface area contributed by atoms with E-state index >= 15 is 0 Å². The Morgan fingerprint density at radius 1 is 1.53 bits per heavy atom. The Labute approximate surface area is 103 Å². The van der Waals surface area contributed by atoms with Crippen molar-refractivity contribution in [3.05, 3.63) is 20.8 Å². The van der Waals surface area contributed by atoms with Crippen LogP contribution < -0.4 is 0 Å². The molecule has 0 amide bonds. The standard InChI is InChI=1S/C11H17BrO2S/c1-4-14-11(2,3)9(13)7-8-5-6-10(12)15-8/h5-6,9,13H,4,7H2,1-3H3. The first kappa shape index (κ1) is 13.2. The van der Waals surface area contributed by atoms with E-state index in [9.17, 15) is 5.11 Å². The maximum atomic E-state index is 10.0. The lowest BCUT2D eigenvalue weighted by molar-refractivity contribution is -0.0952. The maximum Gasteiger partial charge on any atom is 0.0887 e. The maximum absolute atomic E-state index is 10.0. The first-order chi connectivity index (χ1) is 6.95. The predicted octanol–water partition coefficient (Wildman–Crippen LogP) is 3.23. The average Bonchev–Trinajstić information content (AvgIpc) is 2.51. The van der Waals surface area contributed by atoms with E-state index in [4.69, 9.17) is 4.74 Å². The Hall–Kier alpha value is 0.1000. The van der Waals surface area contributed by atoms with Gasteiger partial charge in [0, 0.05) is 17.9 Å². The molecular formula is C11H17BrO2S. The molecule has 1 N–H and O–H groups in total. The van der Waals surface area contributed by atoms with Gasteiger partial charge in [-0.3, -0.25) is 0 Å². The third-order valence-corrected chi connectivity index (χ3v) is 3.99. The first-order valence-corrected chi connectivity index (χ1v) is 6.63. The highest BCUT2D eigenvalue weighted by Crippen LogP contribution is 2.26. The van der Waals surface area contributed by atoms with Crippen molar-refractivity contribution in [2.75, 3.05) is 6.61 Å². The van der Waals surface area contributed by atoms with E-state index in [2.05, 4.69) is 15.9 Å². The lowest BCUT2D eigenvalue weighted by Gasteiger charge is -2.30. The highest BCUT2D eigenvalue weighted by Gasteiger charge is 2.28. The average molecular weight is 293 g/mol. The van der Waals surface area contributed by atoms with Gasteiger partial charge in [-0.15, -0.1) is 11.3 Å². The summed E-state index contributed by atoms with van der Waals surface area (Å²) < 4.78 is 6.61. The summed E-state index contributed by atoms with van der Waals surface area (Å²) in [5.41, 5.74) is -0.481. The fourth-order valence-corrected chi connectivity index (χ4v) is 2.89. The minimum absolute atomic E-state index is 0.469. The molecule has 0 saturated heterocycles. The SMILES string of the molecule is CCOC(C)(C)C(O)Cc1ccc(Br)s1. The molecule has 0 aliphatic rings. The van der Waals surface area contributed by atoms with Crippen LogP contribution in [0.4, 0.5) is 0 Å². The summed E-state index contributed by atoms with van der Waals surface area (Å²) in [7, 11) is 0. The Balaban J connectivity index is 2.58. The number of rotatable bonds is 5. The second kappa shape index (κ2) is 5.43. The van der Waals surface area contributed by atoms with Gasteiger partial charge in [0.1, 0.15) is 0 Å². The van der Waals surface area contributed by atoms with Crippen molar-refractivity contribution in [2.24, 2.45) is 0 Å². The molecule has 1 rings (SSSR count). The van der Waals surface area contributed by atoms with E-state index in [0.29, 0.717) is 13.0 Å². The molecule has 0 spiro atoms.